The second-order valence-electron chi connectivity index (χ2n) is 3.47. The van der Waals surface area contributed by atoms with Crippen LogP contribution in [0.15, 0.2) is 0 Å². The van der Waals surface area contributed by atoms with Gasteiger partial charge < -0.3 is 5.32 Å². The Balaban J connectivity index is 2.05. The Morgan fingerprint density at radius 3 is 2.91 bits per heavy atom. The van der Waals surface area contributed by atoms with Gasteiger partial charge in [-0.15, -0.1) is 0 Å². The average molecular weight is 157 g/mol. The summed E-state index contributed by atoms with van der Waals surface area (Å²) in [7, 11) is 4.08. The highest BCUT2D eigenvalue weighted by atomic mass is 15.5. The molecule has 3 nitrogen and oxygen atoms in total. The van der Waals surface area contributed by atoms with Gasteiger partial charge in [0.25, 0.3) is 0 Å². The summed E-state index contributed by atoms with van der Waals surface area (Å²) in [5.41, 5.74) is 3.31. The third kappa shape index (κ3) is 3.70. The van der Waals surface area contributed by atoms with E-state index in [-0.39, 0.29) is 0 Å². The molecular formula is C8H19N3. The van der Waals surface area contributed by atoms with Crippen molar-refractivity contribution in [3.05, 3.63) is 0 Å². The van der Waals surface area contributed by atoms with Crippen LogP contribution in [0.1, 0.15) is 12.8 Å². The Hall–Kier alpha value is -0.120. The first-order valence-corrected chi connectivity index (χ1v) is 4.40. The SMILES string of the molecule is CN(C)NCC1CCCNC1. The van der Waals surface area contributed by atoms with Gasteiger partial charge in [-0.05, 0) is 31.8 Å². The van der Waals surface area contributed by atoms with E-state index in [1.165, 1.54) is 25.9 Å². The van der Waals surface area contributed by atoms with Crippen molar-refractivity contribution in [2.75, 3.05) is 33.7 Å². The van der Waals surface area contributed by atoms with Crippen molar-refractivity contribution in [1.82, 2.24) is 15.8 Å². The van der Waals surface area contributed by atoms with E-state index in [2.05, 4.69) is 10.7 Å². The van der Waals surface area contributed by atoms with Gasteiger partial charge in [0.1, 0.15) is 0 Å². The Labute approximate surface area is 69.1 Å². The lowest BCUT2D eigenvalue weighted by Crippen LogP contribution is -2.40. The first-order chi connectivity index (χ1) is 5.29. The molecular weight excluding hydrogens is 138 g/mol. The van der Waals surface area contributed by atoms with Crippen molar-refractivity contribution in [3.8, 4) is 0 Å². The minimum absolute atomic E-state index is 0.825. The molecule has 1 rings (SSSR count). The zero-order chi connectivity index (χ0) is 8.10. The summed E-state index contributed by atoms with van der Waals surface area (Å²) in [4.78, 5) is 0. The van der Waals surface area contributed by atoms with E-state index in [1.54, 1.807) is 0 Å². The monoisotopic (exact) mass is 157 g/mol. The second kappa shape index (κ2) is 4.70. The Kier molecular flexibility index (Phi) is 3.83. The minimum atomic E-state index is 0.825. The van der Waals surface area contributed by atoms with Crippen LogP contribution in [-0.4, -0.2) is 38.7 Å². The van der Waals surface area contributed by atoms with Gasteiger partial charge >= 0.3 is 0 Å². The number of nitrogens with zero attached hydrogens (tertiary/aromatic N) is 1. The van der Waals surface area contributed by atoms with Gasteiger partial charge in [0.15, 0.2) is 0 Å². The molecule has 0 aliphatic carbocycles. The summed E-state index contributed by atoms with van der Waals surface area (Å²) in [5, 5.41) is 5.42. The van der Waals surface area contributed by atoms with Crippen LogP contribution in [-0.2, 0) is 0 Å². The van der Waals surface area contributed by atoms with Crippen LogP contribution >= 0.6 is 0 Å². The fourth-order valence-electron chi connectivity index (χ4n) is 1.41. The molecule has 1 heterocycles. The fraction of sp³-hybridized carbons (Fsp3) is 1.00. The zero-order valence-corrected chi connectivity index (χ0v) is 7.56. The molecule has 0 spiro atoms. The molecule has 0 radical (unpaired) electrons. The lowest BCUT2D eigenvalue weighted by Gasteiger charge is -2.24. The normalized spacial score (nSPS) is 25.9. The van der Waals surface area contributed by atoms with Gasteiger partial charge in [-0.2, -0.15) is 0 Å². The lowest BCUT2D eigenvalue weighted by molar-refractivity contribution is 0.242. The maximum atomic E-state index is 3.40. The number of piperidine rings is 1. The Morgan fingerprint density at radius 2 is 2.36 bits per heavy atom. The molecule has 1 atom stereocenters. The molecule has 1 aliphatic rings. The molecule has 0 saturated carbocycles. The van der Waals surface area contributed by atoms with Crippen molar-refractivity contribution in [1.29, 1.82) is 0 Å². The fourth-order valence-corrected chi connectivity index (χ4v) is 1.41. The van der Waals surface area contributed by atoms with Gasteiger partial charge in [-0.25, -0.2) is 0 Å². The second-order valence-corrected chi connectivity index (χ2v) is 3.47. The predicted molar refractivity (Wildman–Crippen MR) is 47.3 cm³/mol. The molecule has 0 amide bonds. The third-order valence-electron chi connectivity index (χ3n) is 2.10. The highest BCUT2D eigenvalue weighted by molar-refractivity contribution is 4.69. The molecule has 0 aromatic rings. The summed E-state index contributed by atoms with van der Waals surface area (Å²) in [5.74, 6) is 0.825. The van der Waals surface area contributed by atoms with Crippen LogP contribution in [0.5, 0.6) is 0 Å². The first kappa shape index (κ1) is 8.97. The zero-order valence-electron chi connectivity index (χ0n) is 7.56. The molecule has 1 unspecified atom stereocenters. The molecule has 0 aromatic heterocycles. The van der Waals surface area contributed by atoms with Gasteiger partial charge in [0, 0.05) is 20.6 Å². The molecule has 1 aliphatic heterocycles. The van der Waals surface area contributed by atoms with Gasteiger partial charge in [-0.1, -0.05) is 0 Å². The van der Waals surface area contributed by atoms with Crippen LogP contribution in [0.2, 0.25) is 0 Å². The summed E-state index contributed by atoms with van der Waals surface area (Å²) in [6, 6.07) is 0. The van der Waals surface area contributed by atoms with E-state index in [0.717, 1.165) is 12.5 Å². The van der Waals surface area contributed by atoms with Crippen molar-refractivity contribution in [2.24, 2.45) is 5.92 Å². The number of hydrogen-bond acceptors (Lipinski definition) is 3. The van der Waals surface area contributed by atoms with E-state index in [4.69, 9.17) is 0 Å². The van der Waals surface area contributed by atoms with E-state index < -0.39 is 0 Å². The number of hydrogen-bond donors (Lipinski definition) is 2. The highest BCUT2D eigenvalue weighted by Crippen LogP contribution is 2.07. The Bertz CT molecular complexity index is 97.5. The van der Waals surface area contributed by atoms with E-state index in [9.17, 15) is 0 Å². The molecule has 0 bridgehead atoms. The first-order valence-electron chi connectivity index (χ1n) is 4.40. The van der Waals surface area contributed by atoms with E-state index in [1.807, 2.05) is 19.1 Å². The van der Waals surface area contributed by atoms with Crippen molar-refractivity contribution in [3.63, 3.8) is 0 Å². The van der Waals surface area contributed by atoms with Crippen LogP contribution in [0.25, 0.3) is 0 Å². The largest absolute Gasteiger partial charge is 0.316 e. The van der Waals surface area contributed by atoms with Crippen LogP contribution in [0.3, 0.4) is 0 Å². The maximum absolute atomic E-state index is 3.40. The number of hydrazine groups is 1. The predicted octanol–water partition coefficient (Wildman–Crippen LogP) is 0.0522. The molecule has 11 heavy (non-hydrogen) atoms. The molecule has 66 valence electrons. The van der Waals surface area contributed by atoms with Crippen LogP contribution in [0, 0.1) is 5.92 Å². The smallest absolute Gasteiger partial charge is 0.0142 e. The molecule has 0 aromatic carbocycles. The summed E-state index contributed by atoms with van der Waals surface area (Å²) >= 11 is 0. The van der Waals surface area contributed by atoms with Crippen molar-refractivity contribution < 1.29 is 0 Å². The van der Waals surface area contributed by atoms with Gasteiger partial charge in [0.05, 0.1) is 0 Å². The highest BCUT2D eigenvalue weighted by Gasteiger charge is 2.11. The van der Waals surface area contributed by atoms with Crippen LogP contribution in [0.4, 0.5) is 0 Å². The Morgan fingerprint density at radius 1 is 1.55 bits per heavy atom. The minimum Gasteiger partial charge on any atom is -0.316 e. The molecule has 1 saturated heterocycles. The third-order valence-corrected chi connectivity index (χ3v) is 2.10. The number of rotatable bonds is 3. The topological polar surface area (TPSA) is 27.3 Å². The van der Waals surface area contributed by atoms with Gasteiger partial charge in [-0.3, -0.25) is 10.4 Å². The summed E-state index contributed by atoms with van der Waals surface area (Å²) < 4.78 is 0. The number of nitrogens with one attached hydrogen (secondary N) is 2. The molecule has 1 fully saturated rings. The van der Waals surface area contributed by atoms with Gasteiger partial charge in [0.2, 0.25) is 0 Å². The molecule has 3 heteroatoms. The van der Waals surface area contributed by atoms with E-state index in [0.29, 0.717) is 0 Å². The average Bonchev–Trinajstić information content (AvgIpc) is 2.03. The lowest BCUT2D eigenvalue weighted by atomic mass is 10.0. The van der Waals surface area contributed by atoms with Crippen LogP contribution < -0.4 is 10.7 Å². The maximum Gasteiger partial charge on any atom is 0.0142 e. The molecule has 2 N–H and O–H groups in total. The summed E-state index contributed by atoms with van der Waals surface area (Å²) in [6.07, 6.45) is 2.70. The van der Waals surface area contributed by atoms with Crippen molar-refractivity contribution in [2.45, 2.75) is 12.8 Å². The van der Waals surface area contributed by atoms with E-state index >= 15 is 0 Å². The summed E-state index contributed by atoms with van der Waals surface area (Å²) in [6.45, 7) is 3.50. The van der Waals surface area contributed by atoms with Crippen molar-refractivity contribution >= 4 is 0 Å². The quantitative estimate of drug-likeness (QED) is 0.567. The standard InChI is InChI=1S/C8H19N3/c1-11(2)10-7-8-4-3-5-9-6-8/h8-10H,3-7H2,1-2H3.